The molecule has 7 aromatic carbocycles. The van der Waals surface area contributed by atoms with Crippen LogP contribution in [-0.2, 0) is 0 Å². The van der Waals surface area contributed by atoms with Gasteiger partial charge in [0, 0.05) is 46.7 Å². The van der Waals surface area contributed by atoms with Crippen molar-refractivity contribution >= 4 is 77.9 Å². The molecule has 2 aliphatic rings. The van der Waals surface area contributed by atoms with Crippen molar-refractivity contribution in [3.05, 3.63) is 170 Å². The minimum Gasteiger partial charge on any atom is -0.453 e. The van der Waals surface area contributed by atoms with Gasteiger partial charge in [-0.1, -0.05) is 60.7 Å². The van der Waals surface area contributed by atoms with Crippen LogP contribution in [0.15, 0.2) is 179 Å². The topological polar surface area (TPSA) is 103 Å². The summed E-state index contributed by atoms with van der Waals surface area (Å²) in [5.74, 6) is 3.97. The minimum absolute atomic E-state index is 0.479. The number of aromatic nitrogens is 4. The normalized spacial score (nSPS) is 12.9. The molecule has 0 saturated heterocycles. The van der Waals surface area contributed by atoms with Gasteiger partial charge in [0.1, 0.15) is 11.0 Å². The monoisotopic (exact) mass is 776 g/mol. The molecule has 0 amide bonds. The lowest BCUT2D eigenvalue weighted by atomic mass is 9.93. The SMILES string of the molecule is c1ccc2c(c1)Oc1ccccc1N2c1cc(-c2nc3cnccc3o2)c2ccc3c(N4c5ccccc5Oc5ccccc54)cc(-c4nc5cnccc5o4)cc3c2c1. The van der Waals surface area contributed by atoms with Crippen LogP contribution in [0.25, 0.3) is 66.7 Å². The fourth-order valence-corrected chi connectivity index (χ4v) is 8.60. The number of benzene rings is 7. The van der Waals surface area contributed by atoms with E-state index >= 15 is 0 Å². The third kappa shape index (κ3) is 4.88. The Bertz CT molecular complexity index is 3400. The smallest absolute Gasteiger partial charge is 0.228 e. The van der Waals surface area contributed by atoms with Gasteiger partial charge >= 0.3 is 0 Å². The quantitative estimate of drug-likeness (QED) is 0.160. The molecule has 0 saturated carbocycles. The summed E-state index contributed by atoms with van der Waals surface area (Å²) in [5.41, 5.74) is 9.74. The number of pyridine rings is 2. The van der Waals surface area contributed by atoms with Crippen molar-refractivity contribution in [2.24, 2.45) is 0 Å². The van der Waals surface area contributed by atoms with Crippen LogP contribution in [0.3, 0.4) is 0 Å². The second-order valence-electron chi connectivity index (χ2n) is 14.7. The molecule has 0 fully saturated rings. The Morgan fingerprint density at radius 3 is 1.48 bits per heavy atom. The van der Waals surface area contributed by atoms with Gasteiger partial charge in [-0.05, 0) is 89.0 Å². The zero-order valence-electron chi connectivity index (χ0n) is 31.5. The minimum atomic E-state index is 0.479. The molecule has 0 N–H and O–H groups in total. The van der Waals surface area contributed by atoms with Gasteiger partial charge in [0.2, 0.25) is 11.8 Å². The second-order valence-corrected chi connectivity index (χ2v) is 14.7. The average molecular weight is 777 g/mol. The van der Waals surface area contributed by atoms with Gasteiger partial charge in [0.15, 0.2) is 34.2 Å². The first-order valence-electron chi connectivity index (χ1n) is 19.5. The zero-order chi connectivity index (χ0) is 39.3. The van der Waals surface area contributed by atoms with Crippen LogP contribution in [0.5, 0.6) is 23.0 Å². The van der Waals surface area contributed by atoms with Gasteiger partial charge in [-0.3, -0.25) is 9.97 Å². The predicted octanol–water partition coefficient (Wildman–Crippen LogP) is 13.6. The molecule has 0 unspecified atom stereocenters. The van der Waals surface area contributed by atoms with Crippen LogP contribution in [0.4, 0.5) is 34.1 Å². The van der Waals surface area contributed by atoms with Crippen LogP contribution < -0.4 is 19.3 Å². The summed E-state index contributed by atoms with van der Waals surface area (Å²) < 4.78 is 25.9. The second kappa shape index (κ2) is 12.5. The summed E-state index contributed by atoms with van der Waals surface area (Å²) >= 11 is 0. The molecule has 2 aliphatic heterocycles. The molecule has 4 aromatic heterocycles. The lowest BCUT2D eigenvalue weighted by Crippen LogP contribution is -2.16. The van der Waals surface area contributed by atoms with Crippen molar-refractivity contribution in [3.63, 3.8) is 0 Å². The first-order chi connectivity index (χ1) is 29.7. The van der Waals surface area contributed by atoms with Gasteiger partial charge in [-0.15, -0.1) is 0 Å². The van der Waals surface area contributed by atoms with E-state index in [-0.39, 0.29) is 0 Å². The van der Waals surface area contributed by atoms with Crippen LogP contribution >= 0.6 is 0 Å². The van der Waals surface area contributed by atoms with Gasteiger partial charge in [-0.2, -0.15) is 0 Å². The molecule has 0 radical (unpaired) electrons. The number of fused-ring (bicyclic) bond motifs is 9. The van der Waals surface area contributed by atoms with Crippen molar-refractivity contribution < 1.29 is 18.3 Å². The highest BCUT2D eigenvalue weighted by atomic mass is 16.5. The predicted molar refractivity (Wildman–Crippen MR) is 233 cm³/mol. The van der Waals surface area contributed by atoms with Gasteiger partial charge < -0.3 is 28.1 Å². The van der Waals surface area contributed by atoms with Gasteiger partial charge in [0.05, 0.1) is 40.8 Å². The highest BCUT2D eigenvalue weighted by Gasteiger charge is 2.30. The van der Waals surface area contributed by atoms with Crippen molar-refractivity contribution in [1.82, 2.24) is 19.9 Å². The molecule has 0 aliphatic carbocycles. The van der Waals surface area contributed by atoms with Gasteiger partial charge in [-0.25, -0.2) is 9.97 Å². The lowest BCUT2D eigenvalue weighted by molar-refractivity contribution is 0.477. The van der Waals surface area contributed by atoms with E-state index in [1.165, 1.54) is 0 Å². The number of hydrogen-bond acceptors (Lipinski definition) is 10. The van der Waals surface area contributed by atoms with E-state index in [1.807, 2.05) is 84.9 Å². The molecule has 0 spiro atoms. The highest BCUT2D eigenvalue weighted by molar-refractivity contribution is 6.18. The van der Waals surface area contributed by atoms with Crippen LogP contribution in [0.1, 0.15) is 0 Å². The zero-order valence-corrected chi connectivity index (χ0v) is 31.5. The van der Waals surface area contributed by atoms with Crippen LogP contribution in [-0.4, -0.2) is 19.9 Å². The third-order valence-electron chi connectivity index (χ3n) is 11.3. The van der Waals surface area contributed by atoms with Crippen LogP contribution in [0.2, 0.25) is 0 Å². The Morgan fingerprint density at radius 2 is 0.900 bits per heavy atom. The van der Waals surface area contributed by atoms with Gasteiger partial charge in [0.25, 0.3) is 0 Å². The molecule has 13 rings (SSSR count). The van der Waals surface area contributed by atoms with E-state index in [1.54, 1.807) is 24.8 Å². The molecule has 282 valence electrons. The highest BCUT2D eigenvalue weighted by Crippen LogP contribution is 2.55. The Balaban J connectivity index is 1.16. The molecule has 0 bridgehead atoms. The molecule has 11 aromatic rings. The fourth-order valence-electron chi connectivity index (χ4n) is 8.60. The summed E-state index contributed by atoms with van der Waals surface area (Å²) in [6, 6.07) is 49.1. The molecular formula is C50H28N6O4. The largest absolute Gasteiger partial charge is 0.453 e. The van der Waals surface area contributed by atoms with Crippen LogP contribution in [0, 0.1) is 0 Å². The van der Waals surface area contributed by atoms with Crippen molar-refractivity contribution in [2.75, 3.05) is 9.80 Å². The van der Waals surface area contributed by atoms with E-state index in [9.17, 15) is 0 Å². The fraction of sp³-hybridized carbons (Fsp3) is 0. The first kappa shape index (κ1) is 32.6. The number of oxazole rings is 2. The molecule has 10 nitrogen and oxygen atoms in total. The molecule has 6 heterocycles. The maximum Gasteiger partial charge on any atom is 0.228 e. The molecule has 10 heteroatoms. The Kier molecular flexibility index (Phi) is 6.78. The van der Waals surface area contributed by atoms with Crippen molar-refractivity contribution in [2.45, 2.75) is 0 Å². The Labute approximate surface area is 341 Å². The molecule has 60 heavy (non-hydrogen) atoms. The lowest BCUT2D eigenvalue weighted by Gasteiger charge is -2.34. The summed E-state index contributed by atoms with van der Waals surface area (Å²) in [6.45, 7) is 0. The van der Waals surface area contributed by atoms with E-state index in [4.69, 9.17) is 28.3 Å². The van der Waals surface area contributed by atoms with Crippen molar-refractivity contribution in [1.29, 1.82) is 0 Å². The number of ether oxygens (including phenoxy) is 2. The van der Waals surface area contributed by atoms with E-state index in [0.717, 1.165) is 89.8 Å². The van der Waals surface area contributed by atoms with E-state index in [2.05, 4.69) is 80.4 Å². The third-order valence-corrected chi connectivity index (χ3v) is 11.3. The summed E-state index contributed by atoms with van der Waals surface area (Å²) in [7, 11) is 0. The molecule has 0 atom stereocenters. The van der Waals surface area contributed by atoms with E-state index < -0.39 is 0 Å². The number of hydrogen-bond donors (Lipinski definition) is 0. The summed E-state index contributed by atoms with van der Waals surface area (Å²) in [5, 5.41) is 3.89. The standard InChI is InChI=1S/C50H28N6O4/c1-5-13-45-38(9-1)55(39-10-2-6-14-46(39)57-45)30-25-34-31(35(26-30)50-54-37-28-52-22-20-44(37)60-50)17-18-32-33(34)23-29(49-53-36-27-51-21-19-43(36)59-49)24-42(32)56-40-11-3-7-15-47(40)58-48-16-8-4-12-41(48)56/h1-28H. The summed E-state index contributed by atoms with van der Waals surface area (Å²) in [4.78, 5) is 23.1. The number of para-hydroxylation sites is 8. The average Bonchev–Trinajstić information content (AvgIpc) is 3.94. The Morgan fingerprint density at radius 1 is 0.400 bits per heavy atom. The maximum atomic E-state index is 6.53. The molecular weight excluding hydrogens is 749 g/mol. The first-order valence-corrected chi connectivity index (χ1v) is 19.5. The number of rotatable bonds is 4. The summed E-state index contributed by atoms with van der Waals surface area (Å²) in [6.07, 6.45) is 6.88. The number of anilines is 6. The maximum absolute atomic E-state index is 6.53. The number of nitrogens with zero attached hydrogens (tertiary/aromatic N) is 6. The van der Waals surface area contributed by atoms with Crippen molar-refractivity contribution in [3.8, 4) is 45.9 Å². The Hall–Kier alpha value is -8.50. The van der Waals surface area contributed by atoms with E-state index in [0.29, 0.717) is 34.0 Å².